The fraction of sp³-hybridized carbons (Fsp3) is 0.238. The zero-order chi connectivity index (χ0) is 23.1. The van der Waals surface area contributed by atoms with Gasteiger partial charge in [0.1, 0.15) is 5.75 Å². The summed E-state index contributed by atoms with van der Waals surface area (Å²) in [5.74, 6) is 1.10. The quantitative estimate of drug-likeness (QED) is 0.361. The van der Waals surface area contributed by atoms with Gasteiger partial charge in [-0.05, 0) is 65.3 Å². The second kappa shape index (κ2) is 11.5. The second-order valence-corrected chi connectivity index (χ2v) is 9.23. The lowest BCUT2D eigenvalue weighted by Gasteiger charge is -2.10. The van der Waals surface area contributed by atoms with Crippen LogP contribution in [0.2, 0.25) is 0 Å². The van der Waals surface area contributed by atoms with Gasteiger partial charge < -0.3 is 19.9 Å². The predicted octanol–water partition coefficient (Wildman–Crippen LogP) is 4.49. The van der Waals surface area contributed by atoms with Crippen molar-refractivity contribution in [2.24, 2.45) is 0 Å². The number of rotatable bonds is 9. The summed E-state index contributed by atoms with van der Waals surface area (Å²) >= 11 is 8.11. The molecule has 0 atom stereocenters. The highest BCUT2D eigenvalue weighted by Gasteiger charge is 2.15. The van der Waals surface area contributed by atoms with Gasteiger partial charge in [0, 0.05) is 21.1 Å². The molecular formula is C21H21Br2N5O3S. The van der Waals surface area contributed by atoms with Gasteiger partial charge in [-0.25, -0.2) is 0 Å². The summed E-state index contributed by atoms with van der Waals surface area (Å²) in [7, 11) is 1.57. The summed E-state index contributed by atoms with van der Waals surface area (Å²) in [6.07, 6.45) is 0. The molecule has 3 aromatic rings. The van der Waals surface area contributed by atoms with Crippen molar-refractivity contribution in [1.29, 1.82) is 0 Å². The van der Waals surface area contributed by atoms with Crippen LogP contribution in [0.15, 0.2) is 56.6 Å². The van der Waals surface area contributed by atoms with Gasteiger partial charge in [-0.15, -0.1) is 10.2 Å². The van der Waals surface area contributed by atoms with Crippen LogP contribution < -0.4 is 15.4 Å². The summed E-state index contributed by atoms with van der Waals surface area (Å²) in [5, 5.41) is 14.7. The van der Waals surface area contributed by atoms with Crippen LogP contribution >= 0.6 is 43.6 Å². The highest BCUT2D eigenvalue weighted by Crippen LogP contribution is 2.26. The molecule has 0 radical (unpaired) electrons. The highest BCUT2D eigenvalue weighted by atomic mass is 79.9. The van der Waals surface area contributed by atoms with E-state index in [1.165, 1.54) is 11.8 Å². The Labute approximate surface area is 206 Å². The van der Waals surface area contributed by atoms with Gasteiger partial charge in [-0.2, -0.15) is 0 Å². The maximum absolute atomic E-state index is 12.4. The van der Waals surface area contributed by atoms with Gasteiger partial charge >= 0.3 is 0 Å². The van der Waals surface area contributed by atoms with Crippen LogP contribution in [0.25, 0.3) is 0 Å². The number of amides is 2. The van der Waals surface area contributed by atoms with Crippen molar-refractivity contribution in [3.63, 3.8) is 0 Å². The van der Waals surface area contributed by atoms with Gasteiger partial charge in [0.05, 0.1) is 25.1 Å². The van der Waals surface area contributed by atoms with E-state index in [4.69, 9.17) is 4.74 Å². The molecule has 1 heterocycles. The molecule has 2 amide bonds. The molecule has 8 nitrogen and oxygen atoms in total. The topological polar surface area (TPSA) is 98.1 Å². The normalized spacial score (nSPS) is 10.6. The highest BCUT2D eigenvalue weighted by molar-refractivity contribution is 9.11. The number of thioether (sulfide) groups is 1. The zero-order valence-electron chi connectivity index (χ0n) is 17.4. The molecule has 0 aliphatic carbocycles. The van der Waals surface area contributed by atoms with Crippen molar-refractivity contribution in [1.82, 2.24) is 20.1 Å². The van der Waals surface area contributed by atoms with Gasteiger partial charge in [-0.3, -0.25) is 9.59 Å². The number of carbonyl (C=O) groups excluding carboxylic acids is 2. The van der Waals surface area contributed by atoms with E-state index in [-0.39, 0.29) is 24.1 Å². The molecule has 0 aliphatic heterocycles. The Morgan fingerprint density at radius 2 is 1.88 bits per heavy atom. The Morgan fingerprint density at radius 1 is 1.12 bits per heavy atom. The molecule has 3 rings (SSSR count). The maximum Gasteiger partial charge on any atom is 0.251 e. The molecule has 2 N–H and O–H groups in total. The molecule has 11 heteroatoms. The van der Waals surface area contributed by atoms with Gasteiger partial charge in [-0.1, -0.05) is 27.7 Å². The lowest BCUT2D eigenvalue weighted by molar-refractivity contribution is -0.113. The fourth-order valence-electron chi connectivity index (χ4n) is 2.79. The summed E-state index contributed by atoms with van der Waals surface area (Å²) < 4.78 is 8.65. The Bertz CT molecular complexity index is 1110. The third kappa shape index (κ3) is 6.33. The van der Waals surface area contributed by atoms with Crippen LogP contribution in [0.5, 0.6) is 5.75 Å². The number of nitrogens with one attached hydrogen (secondary N) is 2. The minimum absolute atomic E-state index is 0.159. The fourth-order valence-corrected chi connectivity index (χ4v) is 4.32. The largest absolute Gasteiger partial charge is 0.497 e. The standard InChI is InChI=1S/C21H21Br2N5O3S/c1-3-28-18(11-24-20(30)13-4-7-15(31-2)8-5-13)26-27-21(28)32-12-19(29)25-17-10-14(22)6-9-16(17)23/h4-10H,3,11-12H2,1-2H3,(H,24,30)(H,25,29). The van der Waals surface area contributed by atoms with Crippen molar-refractivity contribution in [2.45, 2.75) is 25.2 Å². The van der Waals surface area contributed by atoms with E-state index < -0.39 is 0 Å². The van der Waals surface area contributed by atoms with Crippen molar-refractivity contribution >= 4 is 61.1 Å². The predicted molar refractivity (Wildman–Crippen MR) is 131 cm³/mol. The second-order valence-electron chi connectivity index (χ2n) is 6.52. The smallest absolute Gasteiger partial charge is 0.251 e. The number of anilines is 1. The minimum atomic E-state index is -0.216. The summed E-state index contributed by atoms with van der Waals surface area (Å²) in [6, 6.07) is 12.4. The first-order valence-electron chi connectivity index (χ1n) is 9.63. The minimum Gasteiger partial charge on any atom is -0.497 e. The first-order valence-corrected chi connectivity index (χ1v) is 12.2. The van der Waals surface area contributed by atoms with Crippen molar-refractivity contribution in [3.8, 4) is 5.75 Å². The molecular weight excluding hydrogens is 562 g/mol. The summed E-state index contributed by atoms with van der Waals surface area (Å²) in [6.45, 7) is 2.80. The molecule has 0 unspecified atom stereocenters. The Kier molecular flexibility index (Phi) is 8.71. The monoisotopic (exact) mass is 581 g/mol. The number of ether oxygens (including phenoxy) is 1. The average molecular weight is 583 g/mol. The van der Waals surface area contributed by atoms with E-state index in [1.807, 2.05) is 29.7 Å². The van der Waals surface area contributed by atoms with E-state index in [9.17, 15) is 9.59 Å². The van der Waals surface area contributed by atoms with E-state index >= 15 is 0 Å². The SMILES string of the molecule is CCn1c(CNC(=O)c2ccc(OC)cc2)nnc1SCC(=O)Nc1cc(Br)ccc1Br. The average Bonchev–Trinajstić information content (AvgIpc) is 3.20. The molecule has 2 aromatic carbocycles. The van der Waals surface area contributed by atoms with Gasteiger partial charge in [0.25, 0.3) is 5.91 Å². The number of hydrogen-bond donors (Lipinski definition) is 2. The third-order valence-corrected chi connectivity index (χ3v) is 6.56. The number of carbonyl (C=O) groups is 2. The Hall–Kier alpha value is -2.37. The number of halogens is 2. The van der Waals surface area contributed by atoms with Crippen molar-refractivity contribution in [2.75, 3.05) is 18.2 Å². The maximum atomic E-state index is 12.4. The zero-order valence-corrected chi connectivity index (χ0v) is 21.4. The molecule has 0 spiro atoms. The van der Waals surface area contributed by atoms with E-state index in [0.29, 0.717) is 34.5 Å². The lowest BCUT2D eigenvalue weighted by Crippen LogP contribution is -2.24. The summed E-state index contributed by atoms with van der Waals surface area (Å²) in [5.41, 5.74) is 1.21. The first kappa shape index (κ1) is 24.3. The number of nitrogens with zero attached hydrogens (tertiary/aromatic N) is 3. The third-order valence-electron chi connectivity index (χ3n) is 4.40. The van der Waals surface area contributed by atoms with Crippen LogP contribution in [0.1, 0.15) is 23.1 Å². The van der Waals surface area contributed by atoms with Crippen LogP contribution in [-0.2, 0) is 17.9 Å². The van der Waals surface area contributed by atoms with Crippen molar-refractivity contribution in [3.05, 3.63) is 62.8 Å². The summed E-state index contributed by atoms with van der Waals surface area (Å²) in [4.78, 5) is 24.8. The van der Waals surface area contributed by atoms with Crippen LogP contribution in [0.4, 0.5) is 5.69 Å². The van der Waals surface area contributed by atoms with Crippen molar-refractivity contribution < 1.29 is 14.3 Å². The van der Waals surface area contributed by atoms with E-state index in [1.54, 1.807) is 31.4 Å². The van der Waals surface area contributed by atoms with E-state index in [0.717, 1.165) is 8.95 Å². The Balaban J connectivity index is 1.57. The van der Waals surface area contributed by atoms with Crippen LogP contribution in [0.3, 0.4) is 0 Å². The van der Waals surface area contributed by atoms with Gasteiger partial charge in [0.2, 0.25) is 5.91 Å². The Morgan fingerprint density at radius 3 is 2.56 bits per heavy atom. The molecule has 0 fully saturated rings. The van der Waals surface area contributed by atoms with Crippen LogP contribution in [0, 0.1) is 0 Å². The molecule has 0 saturated carbocycles. The van der Waals surface area contributed by atoms with E-state index in [2.05, 4.69) is 52.7 Å². The molecule has 1 aromatic heterocycles. The van der Waals surface area contributed by atoms with Gasteiger partial charge in [0.15, 0.2) is 11.0 Å². The van der Waals surface area contributed by atoms with Crippen LogP contribution in [-0.4, -0.2) is 39.4 Å². The number of aromatic nitrogens is 3. The number of benzene rings is 2. The first-order chi connectivity index (χ1) is 15.4. The molecule has 0 bridgehead atoms. The lowest BCUT2D eigenvalue weighted by atomic mass is 10.2. The molecule has 168 valence electrons. The molecule has 0 aliphatic rings. The number of hydrogen-bond acceptors (Lipinski definition) is 6. The molecule has 0 saturated heterocycles. The number of methoxy groups -OCH3 is 1. The molecule has 32 heavy (non-hydrogen) atoms.